The highest BCUT2D eigenvalue weighted by Gasteiger charge is 2.35. The Morgan fingerprint density at radius 2 is 1.64 bits per heavy atom. The van der Waals surface area contributed by atoms with Crippen LogP contribution >= 0.6 is 11.6 Å². The molecule has 0 aromatic heterocycles. The first-order valence-corrected chi connectivity index (χ1v) is 9.58. The van der Waals surface area contributed by atoms with Crippen molar-refractivity contribution in [1.82, 2.24) is 5.32 Å². The minimum absolute atomic E-state index is 0.0320. The van der Waals surface area contributed by atoms with Crippen molar-refractivity contribution in [3.05, 3.63) is 64.6 Å². The van der Waals surface area contributed by atoms with Crippen molar-refractivity contribution < 1.29 is 14.0 Å². The summed E-state index contributed by atoms with van der Waals surface area (Å²) in [6.45, 7) is 1.84. The van der Waals surface area contributed by atoms with Crippen LogP contribution in [0.2, 0.25) is 5.02 Å². The molecule has 0 atom stereocenters. The molecular weight excluding hydrogens is 381 g/mol. The van der Waals surface area contributed by atoms with Gasteiger partial charge in [0.05, 0.1) is 5.69 Å². The van der Waals surface area contributed by atoms with E-state index in [9.17, 15) is 14.0 Å². The predicted molar refractivity (Wildman–Crippen MR) is 108 cm³/mol. The average Bonchev–Trinajstić information content (AvgIpc) is 2.98. The highest BCUT2D eigenvalue weighted by Crippen LogP contribution is 2.26. The maximum atomic E-state index is 14.6. The van der Waals surface area contributed by atoms with Crippen molar-refractivity contribution in [3.63, 3.8) is 0 Å². The summed E-state index contributed by atoms with van der Waals surface area (Å²) in [5.41, 5.74) is 1.52. The van der Waals surface area contributed by atoms with Crippen molar-refractivity contribution in [2.75, 3.05) is 22.9 Å². The van der Waals surface area contributed by atoms with Gasteiger partial charge in [-0.15, -0.1) is 0 Å². The Morgan fingerprint density at radius 1 is 0.964 bits per heavy atom. The quantitative estimate of drug-likeness (QED) is 0.607. The second kappa shape index (κ2) is 7.64. The standard InChI is InChI=1S/C21H19ClFN3O2/c22-15-5-8-16(9-6-15)26-20(27)19(24-21(26)28)12-14-4-7-17(13-18(14)23)25-10-2-1-3-11-25/h4-9,12-13H,1-3,10-11H2,(H,24,28)/b19-12+. The molecule has 0 aliphatic carbocycles. The molecule has 2 aromatic rings. The van der Waals surface area contributed by atoms with Gasteiger partial charge in [0.2, 0.25) is 0 Å². The molecule has 0 unspecified atom stereocenters. The summed E-state index contributed by atoms with van der Waals surface area (Å²) in [6.07, 6.45) is 4.78. The van der Waals surface area contributed by atoms with Gasteiger partial charge in [-0.2, -0.15) is 0 Å². The van der Waals surface area contributed by atoms with E-state index in [4.69, 9.17) is 11.6 Å². The van der Waals surface area contributed by atoms with Crippen LogP contribution in [0.1, 0.15) is 24.8 Å². The monoisotopic (exact) mass is 399 g/mol. The largest absolute Gasteiger partial charge is 0.371 e. The van der Waals surface area contributed by atoms with E-state index >= 15 is 0 Å². The first-order chi connectivity index (χ1) is 13.5. The van der Waals surface area contributed by atoms with Crippen LogP contribution in [0.3, 0.4) is 0 Å². The van der Waals surface area contributed by atoms with Crippen LogP contribution in [0.4, 0.5) is 20.6 Å². The number of piperidine rings is 1. The number of nitrogens with one attached hydrogen (secondary N) is 1. The second-order valence-corrected chi connectivity index (χ2v) is 7.30. The first-order valence-electron chi connectivity index (χ1n) is 9.20. The van der Waals surface area contributed by atoms with E-state index < -0.39 is 17.8 Å². The third-order valence-corrected chi connectivity index (χ3v) is 5.22. The molecule has 0 saturated carbocycles. The molecular formula is C21H19ClFN3O2. The molecule has 5 nitrogen and oxygen atoms in total. The molecule has 0 bridgehead atoms. The summed E-state index contributed by atoms with van der Waals surface area (Å²) in [4.78, 5) is 28.0. The molecule has 2 aliphatic rings. The molecule has 4 rings (SSSR count). The lowest BCUT2D eigenvalue weighted by molar-refractivity contribution is -0.113. The molecule has 2 aromatic carbocycles. The normalized spacial score (nSPS) is 18.7. The maximum absolute atomic E-state index is 14.6. The number of hydrogen-bond donors (Lipinski definition) is 1. The van der Waals surface area contributed by atoms with Crippen molar-refractivity contribution >= 4 is 41.0 Å². The number of amides is 3. The first kappa shape index (κ1) is 18.5. The number of halogens is 2. The third-order valence-electron chi connectivity index (χ3n) is 4.97. The molecule has 1 N–H and O–H groups in total. The van der Waals surface area contributed by atoms with Crippen molar-refractivity contribution in [2.45, 2.75) is 19.3 Å². The Labute approximate surface area is 167 Å². The predicted octanol–water partition coefficient (Wildman–Crippen LogP) is 4.57. The average molecular weight is 400 g/mol. The van der Waals surface area contributed by atoms with E-state index in [-0.39, 0.29) is 11.3 Å². The van der Waals surface area contributed by atoms with Crippen LogP contribution in [-0.2, 0) is 4.79 Å². The number of imide groups is 1. The Bertz CT molecular complexity index is 953. The lowest BCUT2D eigenvalue weighted by Gasteiger charge is -2.28. The minimum atomic E-state index is -0.580. The van der Waals surface area contributed by atoms with E-state index in [1.165, 1.54) is 18.6 Å². The van der Waals surface area contributed by atoms with E-state index in [2.05, 4.69) is 10.2 Å². The van der Waals surface area contributed by atoms with Gasteiger partial charge < -0.3 is 10.2 Å². The molecule has 7 heteroatoms. The lowest BCUT2D eigenvalue weighted by Crippen LogP contribution is -2.30. The zero-order chi connectivity index (χ0) is 19.7. The summed E-state index contributed by atoms with van der Waals surface area (Å²) in [5.74, 6) is -0.964. The third kappa shape index (κ3) is 3.60. The van der Waals surface area contributed by atoms with Crippen LogP contribution in [0.5, 0.6) is 0 Å². The SMILES string of the molecule is O=C1N/C(=C/c2ccc(N3CCCCC3)cc2F)C(=O)N1c1ccc(Cl)cc1. The molecule has 144 valence electrons. The van der Waals surface area contributed by atoms with E-state index in [0.29, 0.717) is 10.7 Å². The van der Waals surface area contributed by atoms with E-state index in [0.717, 1.165) is 36.5 Å². The van der Waals surface area contributed by atoms with Crippen LogP contribution < -0.4 is 15.1 Å². The Morgan fingerprint density at radius 3 is 2.32 bits per heavy atom. The minimum Gasteiger partial charge on any atom is -0.371 e. The topological polar surface area (TPSA) is 52.7 Å². The number of carbonyl (C=O) groups is 2. The van der Waals surface area contributed by atoms with Crippen molar-refractivity contribution in [1.29, 1.82) is 0 Å². The summed E-state index contributed by atoms with van der Waals surface area (Å²) in [7, 11) is 0. The number of anilines is 2. The second-order valence-electron chi connectivity index (χ2n) is 6.86. The van der Waals surface area contributed by atoms with Gasteiger partial charge in [0.25, 0.3) is 5.91 Å². The maximum Gasteiger partial charge on any atom is 0.333 e. The zero-order valence-corrected chi connectivity index (χ0v) is 15.9. The Hall–Kier alpha value is -2.86. The summed E-state index contributed by atoms with van der Waals surface area (Å²) < 4.78 is 14.6. The molecule has 0 spiro atoms. The number of rotatable bonds is 3. The number of carbonyl (C=O) groups excluding carboxylic acids is 2. The fourth-order valence-electron chi connectivity index (χ4n) is 3.50. The number of hydrogen-bond acceptors (Lipinski definition) is 3. The van der Waals surface area contributed by atoms with Gasteiger partial charge in [0, 0.05) is 29.4 Å². The molecule has 2 aliphatic heterocycles. The number of nitrogens with zero attached hydrogens (tertiary/aromatic N) is 2. The Balaban J connectivity index is 1.58. The smallest absolute Gasteiger partial charge is 0.333 e. The molecule has 2 saturated heterocycles. The summed E-state index contributed by atoms with van der Waals surface area (Å²) in [6, 6.07) is 10.7. The van der Waals surface area contributed by atoms with Gasteiger partial charge >= 0.3 is 6.03 Å². The van der Waals surface area contributed by atoms with Gasteiger partial charge in [-0.1, -0.05) is 11.6 Å². The Kier molecular flexibility index (Phi) is 5.05. The molecule has 2 heterocycles. The molecule has 28 heavy (non-hydrogen) atoms. The lowest BCUT2D eigenvalue weighted by atomic mass is 10.1. The van der Waals surface area contributed by atoms with Crippen LogP contribution in [0.25, 0.3) is 6.08 Å². The van der Waals surface area contributed by atoms with Gasteiger partial charge in [-0.3, -0.25) is 4.79 Å². The van der Waals surface area contributed by atoms with Crippen molar-refractivity contribution in [3.8, 4) is 0 Å². The van der Waals surface area contributed by atoms with Gasteiger partial charge in [-0.25, -0.2) is 14.1 Å². The fraction of sp³-hybridized carbons (Fsp3) is 0.238. The van der Waals surface area contributed by atoms with Crippen LogP contribution in [0.15, 0.2) is 48.2 Å². The van der Waals surface area contributed by atoms with Crippen LogP contribution in [0, 0.1) is 5.82 Å². The highest BCUT2D eigenvalue weighted by molar-refractivity contribution is 6.31. The fourth-order valence-corrected chi connectivity index (χ4v) is 3.62. The summed E-state index contributed by atoms with van der Waals surface area (Å²) >= 11 is 5.85. The van der Waals surface area contributed by atoms with Crippen LogP contribution in [-0.4, -0.2) is 25.0 Å². The van der Waals surface area contributed by atoms with E-state index in [1.807, 2.05) is 6.07 Å². The van der Waals surface area contributed by atoms with Gasteiger partial charge in [0.1, 0.15) is 11.5 Å². The number of benzene rings is 2. The summed E-state index contributed by atoms with van der Waals surface area (Å²) in [5, 5.41) is 3.01. The zero-order valence-electron chi connectivity index (χ0n) is 15.1. The molecule has 2 fully saturated rings. The van der Waals surface area contributed by atoms with Gasteiger partial charge in [0.15, 0.2) is 0 Å². The molecule has 0 radical (unpaired) electrons. The van der Waals surface area contributed by atoms with E-state index in [1.54, 1.807) is 30.3 Å². The van der Waals surface area contributed by atoms with Gasteiger partial charge in [-0.05, 0) is 67.8 Å². The van der Waals surface area contributed by atoms with Crippen molar-refractivity contribution in [2.24, 2.45) is 0 Å². The highest BCUT2D eigenvalue weighted by atomic mass is 35.5. The number of urea groups is 1. The molecule has 3 amide bonds.